The van der Waals surface area contributed by atoms with E-state index in [4.69, 9.17) is 15.3 Å². The number of aromatic amines is 1. The number of H-pyrrole nitrogens is 1. The number of amides is 2. The molecule has 1 aromatic carbocycles. The molecule has 2 rings (SSSR count). The van der Waals surface area contributed by atoms with Crippen LogP contribution in [0.5, 0.6) is 0 Å². The van der Waals surface area contributed by atoms with E-state index in [0.29, 0.717) is 0 Å². The summed E-state index contributed by atoms with van der Waals surface area (Å²) in [4.78, 5) is 32.5. The van der Waals surface area contributed by atoms with Crippen LogP contribution in [-0.2, 0) is 25.6 Å². The summed E-state index contributed by atoms with van der Waals surface area (Å²) < 4.78 is 5.35. The number of aromatic nitrogens is 1. The monoisotopic (exact) mass is 448 g/mol. The molecule has 2 unspecified atom stereocenters. The lowest BCUT2D eigenvalue weighted by molar-refractivity contribution is -0.130. The molecular formula is C22H32N4O6. The molecule has 0 radical (unpaired) electrons. The third kappa shape index (κ3) is 6.52. The fraction of sp³-hybridized carbons (Fsp3) is 0.500. The van der Waals surface area contributed by atoms with E-state index >= 15 is 0 Å². The maximum Gasteiger partial charge on any atom is 0.261 e. The van der Waals surface area contributed by atoms with Crippen molar-refractivity contribution < 1.29 is 29.4 Å². The highest BCUT2D eigenvalue weighted by Crippen LogP contribution is 2.19. The largest absolute Gasteiger partial charge is 0.390 e. The summed E-state index contributed by atoms with van der Waals surface area (Å²) in [6, 6.07) is 6.65. The summed E-state index contributed by atoms with van der Waals surface area (Å²) in [5.41, 5.74) is 7.29. The maximum absolute atomic E-state index is 12.3. The second kappa shape index (κ2) is 11.6. The van der Waals surface area contributed by atoms with Crippen LogP contribution in [0.3, 0.4) is 0 Å². The summed E-state index contributed by atoms with van der Waals surface area (Å²) in [7, 11) is 1.45. The Morgan fingerprint density at radius 1 is 1.22 bits per heavy atom. The molecule has 32 heavy (non-hydrogen) atoms. The Bertz CT molecular complexity index is 939. The van der Waals surface area contributed by atoms with Crippen LogP contribution in [0, 0.1) is 5.92 Å². The molecule has 1 heterocycles. The molecule has 4 atom stereocenters. The van der Waals surface area contributed by atoms with Gasteiger partial charge in [-0.2, -0.15) is 0 Å². The molecule has 10 nitrogen and oxygen atoms in total. The smallest absolute Gasteiger partial charge is 0.261 e. The van der Waals surface area contributed by atoms with Gasteiger partial charge in [-0.3, -0.25) is 9.59 Å². The van der Waals surface area contributed by atoms with Crippen molar-refractivity contribution in [2.45, 2.75) is 51.5 Å². The van der Waals surface area contributed by atoms with E-state index in [9.17, 15) is 19.8 Å². The lowest BCUT2D eigenvalue weighted by atomic mass is 9.96. The van der Waals surface area contributed by atoms with Crippen molar-refractivity contribution >= 4 is 28.4 Å². The van der Waals surface area contributed by atoms with Crippen LogP contribution in [-0.4, -0.2) is 70.8 Å². The number of primary amides is 1. The van der Waals surface area contributed by atoms with Gasteiger partial charge in [0.2, 0.25) is 5.91 Å². The van der Waals surface area contributed by atoms with Crippen LogP contribution in [0.4, 0.5) is 0 Å². The number of rotatable bonds is 12. The number of benzene rings is 1. The van der Waals surface area contributed by atoms with E-state index < -0.39 is 42.8 Å². The number of ether oxygens (including phenoxy) is 1. The van der Waals surface area contributed by atoms with E-state index in [2.05, 4.69) is 15.5 Å². The number of carbonyl (C=O) groups is 2. The SMILES string of the molecule is CO[C@H](/C(=N/OCC(=O)N[C@@H](Cc1c[nH]c2ccccc12)C(N)=O)C(O)C(C)O)C(C)C. The zero-order valence-corrected chi connectivity index (χ0v) is 18.7. The van der Waals surface area contributed by atoms with Gasteiger partial charge in [0.1, 0.15) is 24.0 Å². The molecular weight excluding hydrogens is 416 g/mol. The number of aliphatic hydroxyl groups is 2. The first kappa shape index (κ1) is 25.3. The van der Waals surface area contributed by atoms with Crippen LogP contribution in [0.1, 0.15) is 26.3 Å². The fourth-order valence-corrected chi connectivity index (χ4v) is 3.40. The number of para-hydroxylation sites is 1. The van der Waals surface area contributed by atoms with E-state index in [0.717, 1.165) is 16.5 Å². The van der Waals surface area contributed by atoms with E-state index in [-0.39, 0.29) is 18.1 Å². The Morgan fingerprint density at radius 2 is 1.91 bits per heavy atom. The average molecular weight is 449 g/mol. The first-order chi connectivity index (χ1) is 15.1. The Morgan fingerprint density at radius 3 is 2.50 bits per heavy atom. The van der Waals surface area contributed by atoms with Gasteiger partial charge in [-0.1, -0.05) is 37.2 Å². The Balaban J connectivity index is 2.05. The first-order valence-electron chi connectivity index (χ1n) is 10.4. The highest BCUT2D eigenvalue weighted by atomic mass is 16.6. The molecule has 0 spiro atoms. The average Bonchev–Trinajstić information content (AvgIpc) is 3.14. The van der Waals surface area contributed by atoms with Crippen LogP contribution in [0.2, 0.25) is 0 Å². The topological polar surface area (TPSA) is 159 Å². The molecule has 6 N–H and O–H groups in total. The number of fused-ring (bicyclic) bond motifs is 1. The zero-order chi connectivity index (χ0) is 23.8. The molecule has 10 heteroatoms. The third-order valence-corrected chi connectivity index (χ3v) is 5.05. The zero-order valence-electron chi connectivity index (χ0n) is 18.7. The van der Waals surface area contributed by atoms with Gasteiger partial charge in [-0.25, -0.2) is 0 Å². The van der Waals surface area contributed by atoms with Crippen molar-refractivity contribution in [1.29, 1.82) is 0 Å². The number of nitrogens with two attached hydrogens (primary N) is 1. The Hall–Kier alpha value is -2.95. The molecule has 0 saturated heterocycles. The summed E-state index contributed by atoms with van der Waals surface area (Å²) >= 11 is 0. The van der Waals surface area contributed by atoms with Gasteiger partial charge in [0, 0.05) is 30.6 Å². The number of methoxy groups -OCH3 is 1. The number of nitrogens with one attached hydrogen (secondary N) is 2. The van der Waals surface area contributed by atoms with Gasteiger partial charge in [0.25, 0.3) is 5.91 Å². The molecule has 0 aliphatic rings. The Kier molecular flexibility index (Phi) is 9.18. The lowest BCUT2D eigenvalue weighted by Gasteiger charge is -2.25. The molecule has 0 fully saturated rings. The van der Waals surface area contributed by atoms with Gasteiger partial charge in [-0.15, -0.1) is 0 Å². The molecule has 0 saturated carbocycles. The van der Waals surface area contributed by atoms with Gasteiger partial charge in [0.15, 0.2) is 6.61 Å². The number of aliphatic hydroxyl groups excluding tert-OH is 2. The summed E-state index contributed by atoms with van der Waals surface area (Å²) in [6.07, 6.45) is -1.08. The second-order valence-corrected chi connectivity index (χ2v) is 7.96. The van der Waals surface area contributed by atoms with Crippen LogP contribution in [0.15, 0.2) is 35.6 Å². The van der Waals surface area contributed by atoms with Gasteiger partial charge in [-0.05, 0) is 24.5 Å². The first-order valence-corrected chi connectivity index (χ1v) is 10.4. The number of hydrogen-bond acceptors (Lipinski definition) is 7. The van der Waals surface area contributed by atoms with E-state index in [1.165, 1.54) is 14.0 Å². The Labute approximate surface area is 186 Å². The predicted molar refractivity (Wildman–Crippen MR) is 120 cm³/mol. The molecule has 0 bridgehead atoms. The molecule has 0 aliphatic heterocycles. The van der Waals surface area contributed by atoms with Gasteiger partial charge >= 0.3 is 0 Å². The van der Waals surface area contributed by atoms with Crippen molar-refractivity contribution in [3.63, 3.8) is 0 Å². The van der Waals surface area contributed by atoms with Crippen molar-refractivity contribution in [2.24, 2.45) is 16.8 Å². The highest BCUT2D eigenvalue weighted by molar-refractivity contribution is 5.93. The number of hydrogen-bond donors (Lipinski definition) is 5. The molecule has 176 valence electrons. The second-order valence-electron chi connectivity index (χ2n) is 7.96. The normalized spacial score (nSPS) is 15.9. The van der Waals surface area contributed by atoms with E-state index in [1.807, 2.05) is 38.1 Å². The van der Waals surface area contributed by atoms with Crippen LogP contribution >= 0.6 is 0 Å². The third-order valence-electron chi connectivity index (χ3n) is 5.05. The minimum absolute atomic E-state index is 0.0653. The molecule has 2 aromatic rings. The molecule has 2 amide bonds. The standard InChI is InChI=1S/C22H32N4O6/c1-12(2)21(31-4)19(20(29)13(3)27)26-32-11-18(28)25-17(22(23)30)9-14-10-24-16-8-6-5-7-15(14)16/h5-8,10,12-13,17,20-21,24,27,29H,9,11H2,1-4H3,(H2,23,30)(H,25,28)/b26-19+/t13?,17-,20?,21-/m0/s1. The summed E-state index contributed by atoms with van der Waals surface area (Å²) in [5, 5.41) is 27.3. The van der Waals surface area contributed by atoms with Crippen LogP contribution < -0.4 is 11.1 Å². The van der Waals surface area contributed by atoms with E-state index in [1.54, 1.807) is 6.20 Å². The number of nitrogens with zero attached hydrogens (tertiary/aromatic N) is 1. The number of oxime groups is 1. The quantitative estimate of drug-likeness (QED) is 0.234. The fourth-order valence-electron chi connectivity index (χ4n) is 3.40. The molecule has 1 aromatic heterocycles. The summed E-state index contributed by atoms with van der Waals surface area (Å²) in [6.45, 7) is 4.60. The van der Waals surface area contributed by atoms with Gasteiger partial charge in [0.05, 0.1) is 6.10 Å². The van der Waals surface area contributed by atoms with Crippen molar-refractivity contribution in [1.82, 2.24) is 10.3 Å². The van der Waals surface area contributed by atoms with Crippen molar-refractivity contribution in [3.05, 3.63) is 36.0 Å². The molecule has 0 aliphatic carbocycles. The van der Waals surface area contributed by atoms with Crippen molar-refractivity contribution in [2.75, 3.05) is 13.7 Å². The van der Waals surface area contributed by atoms with Crippen molar-refractivity contribution in [3.8, 4) is 0 Å². The predicted octanol–water partition coefficient (Wildman–Crippen LogP) is 0.466. The lowest BCUT2D eigenvalue weighted by Crippen LogP contribution is -2.47. The summed E-state index contributed by atoms with van der Waals surface area (Å²) in [5.74, 6) is -1.36. The minimum Gasteiger partial charge on any atom is -0.390 e. The minimum atomic E-state index is -1.33. The highest BCUT2D eigenvalue weighted by Gasteiger charge is 2.30. The van der Waals surface area contributed by atoms with Gasteiger partial charge < -0.3 is 35.8 Å². The van der Waals surface area contributed by atoms with Crippen LogP contribution in [0.25, 0.3) is 10.9 Å². The number of carbonyl (C=O) groups excluding carboxylic acids is 2. The maximum atomic E-state index is 12.3.